The van der Waals surface area contributed by atoms with Crippen LogP contribution < -0.4 is 0 Å². The number of hydrogen-bond acceptors (Lipinski definition) is 2. The highest BCUT2D eigenvalue weighted by molar-refractivity contribution is 6.18. The molecule has 2 nitrogen and oxygen atoms in total. The van der Waals surface area contributed by atoms with Crippen LogP contribution in [0.15, 0.2) is 0 Å². The molecule has 0 bridgehead atoms. The van der Waals surface area contributed by atoms with Crippen LogP contribution in [0.4, 0.5) is 0 Å². The minimum Gasteiger partial charge on any atom is -0.392 e. The largest absolute Gasteiger partial charge is 0.392 e. The van der Waals surface area contributed by atoms with Gasteiger partial charge in [0, 0.05) is 25.5 Å². The van der Waals surface area contributed by atoms with Crippen LogP contribution in [0.2, 0.25) is 0 Å². The Kier molecular flexibility index (Phi) is 2.76. The fourth-order valence-electron chi connectivity index (χ4n) is 1.13. The van der Waals surface area contributed by atoms with E-state index < -0.39 is 0 Å². The monoisotopic (exact) mass is 149 g/mol. The molecule has 3 heteroatoms. The van der Waals surface area contributed by atoms with E-state index in [-0.39, 0.29) is 6.10 Å². The van der Waals surface area contributed by atoms with Crippen molar-refractivity contribution in [3.63, 3.8) is 0 Å². The third kappa shape index (κ3) is 2.12. The number of nitrogens with zero attached hydrogens (tertiary/aromatic N) is 1. The van der Waals surface area contributed by atoms with Gasteiger partial charge in [0.05, 0.1) is 6.10 Å². The summed E-state index contributed by atoms with van der Waals surface area (Å²) < 4.78 is 0. The highest BCUT2D eigenvalue weighted by atomic mass is 35.5. The summed E-state index contributed by atoms with van der Waals surface area (Å²) in [6, 6.07) is 0. The molecule has 0 aliphatic carbocycles. The van der Waals surface area contributed by atoms with Crippen molar-refractivity contribution in [1.29, 1.82) is 0 Å². The van der Waals surface area contributed by atoms with E-state index in [1.165, 1.54) is 0 Å². The van der Waals surface area contributed by atoms with Crippen molar-refractivity contribution >= 4 is 11.6 Å². The Balaban J connectivity index is 2.14. The molecule has 0 spiro atoms. The van der Waals surface area contributed by atoms with Gasteiger partial charge in [-0.1, -0.05) is 0 Å². The average molecular weight is 150 g/mol. The second-order valence-electron chi connectivity index (χ2n) is 2.43. The lowest BCUT2D eigenvalue weighted by Crippen LogP contribution is -2.23. The van der Waals surface area contributed by atoms with Gasteiger partial charge >= 0.3 is 0 Å². The molecule has 9 heavy (non-hydrogen) atoms. The summed E-state index contributed by atoms with van der Waals surface area (Å²) in [5, 5.41) is 9.04. The van der Waals surface area contributed by atoms with Crippen molar-refractivity contribution in [2.45, 2.75) is 12.5 Å². The maximum absolute atomic E-state index is 9.04. The standard InChI is InChI=1S/C6H12ClNO/c7-2-4-8-3-1-6(9)5-8/h6,9H,1-5H2/t6-/m1/s1. The van der Waals surface area contributed by atoms with Crippen LogP contribution in [0.3, 0.4) is 0 Å². The van der Waals surface area contributed by atoms with Gasteiger partial charge in [-0.25, -0.2) is 0 Å². The first-order chi connectivity index (χ1) is 4.33. The van der Waals surface area contributed by atoms with Gasteiger partial charge in [0.15, 0.2) is 0 Å². The molecule has 1 N–H and O–H groups in total. The zero-order valence-corrected chi connectivity index (χ0v) is 6.14. The molecule has 0 saturated carbocycles. The Morgan fingerprint density at radius 3 is 2.89 bits per heavy atom. The first-order valence-electron chi connectivity index (χ1n) is 3.29. The predicted molar refractivity (Wildman–Crippen MR) is 37.8 cm³/mol. The third-order valence-electron chi connectivity index (χ3n) is 1.65. The van der Waals surface area contributed by atoms with E-state index >= 15 is 0 Å². The second kappa shape index (κ2) is 3.40. The van der Waals surface area contributed by atoms with Crippen molar-refractivity contribution in [1.82, 2.24) is 4.90 Å². The number of aliphatic hydroxyl groups is 1. The quantitative estimate of drug-likeness (QED) is 0.571. The zero-order valence-electron chi connectivity index (χ0n) is 5.39. The predicted octanol–water partition coefficient (Wildman–Crippen LogP) is 0.292. The average Bonchev–Trinajstić information content (AvgIpc) is 2.17. The van der Waals surface area contributed by atoms with Gasteiger partial charge < -0.3 is 5.11 Å². The second-order valence-corrected chi connectivity index (χ2v) is 2.81. The third-order valence-corrected chi connectivity index (χ3v) is 1.82. The summed E-state index contributed by atoms with van der Waals surface area (Å²) in [7, 11) is 0. The molecular weight excluding hydrogens is 138 g/mol. The highest BCUT2D eigenvalue weighted by Crippen LogP contribution is 2.07. The van der Waals surface area contributed by atoms with E-state index in [0.717, 1.165) is 26.1 Å². The lowest BCUT2D eigenvalue weighted by Gasteiger charge is -2.11. The highest BCUT2D eigenvalue weighted by Gasteiger charge is 2.18. The van der Waals surface area contributed by atoms with Crippen molar-refractivity contribution in [2.75, 3.05) is 25.5 Å². The summed E-state index contributed by atoms with van der Waals surface area (Å²) >= 11 is 5.51. The van der Waals surface area contributed by atoms with Crippen molar-refractivity contribution in [2.24, 2.45) is 0 Å². The maximum Gasteiger partial charge on any atom is 0.0679 e. The van der Waals surface area contributed by atoms with Crippen LogP contribution in [0.5, 0.6) is 0 Å². The SMILES string of the molecule is O[C@@H]1CCN(CCCl)C1. The Hall–Kier alpha value is 0.210. The molecular formula is C6H12ClNO. The Morgan fingerprint density at radius 1 is 1.67 bits per heavy atom. The Morgan fingerprint density at radius 2 is 2.44 bits per heavy atom. The summed E-state index contributed by atoms with van der Waals surface area (Å²) in [4.78, 5) is 2.18. The number of aliphatic hydroxyl groups excluding tert-OH is 1. The molecule has 1 fully saturated rings. The van der Waals surface area contributed by atoms with Crippen molar-refractivity contribution in [3.8, 4) is 0 Å². The van der Waals surface area contributed by atoms with E-state index in [4.69, 9.17) is 16.7 Å². The van der Waals surface area contributed by atoms with Gasteiger partial charge in [-0.2, -0.15) is 0 Å². The zero-order chi connectivity index (χ0) is 6.69. The molecule has 0 aromatic heterocycles. The molecule has 0 amide bonds. The molecule has 1 heterocycles. The molecule has 1 atom stereocenters. The van der Waals surface area contributed by atoms with Gasteiger partial charge in [-0.15, -0.1) is 11.6 Å². The van der Waals surface area contributed by atoms with Gasteiger partial charge in [0.25, 0.3) is 0 Å². The Labute approximate surface area is 60.4 Å². The summed E-state index contributed by atoms with van der Waals surface area (Å²) in [6.07, 6.45) is 0.810. The molecule has 1 aliphatic rings. The summed E-state index contributed by atoms with van der Waals surface area (Å²) in [5.74, 6) is 0.673. The molecule has 54 valence electrons. The van der Waals surface area contributed by atoms with E-state index in [9.17, 15) is 0 Å². The first kappa shape index (κ1) is 7.32. The van der Waals surface area contributed by atoms with Gasteiger partial charge in [0.2, 0.25) is 0 Å². The molecule has 0 aromatic rings. The minimum atomic E-state index is -0.104. The molecule has 1 saturated heterocycles. The fourth-order valence-corrected chi connectivity index (χ4v) is 1.37. The Bertz CT molecular complexity index is 87.1. The van der Waals surface area contributed by atoms with E-state index in [2.05, 4.69) is 4.90 Å². The van der Waals surface area contributed by atoms with E-state index in [1.807, 2.05) is 0 Å². The van der Waals surface area contributed by atoms with Crippen LogP contribution in [-0.2, 0) is 0 Å². The van der Waals surface area contributed by atoms with Crippen LogP contribution in [0.25, 0.3) is 0 Å². The van der Waals surface area contributed by atoms with Crippen LogP contribution in [-0.4, -0.2) is 41.6 Å². The number of rotatable bonds is 2. The lowest BCUT2D eigenvalue weighted by atomic mass is 10.3. The van der Waals surface area contributed by atoms with Crippen LogP contribution in [0.1, 0.15) is 6.42 Å². The molecule has 0 unspecified atom stereocenters. The normalized spacial score (nSPS) is 29.3. The van der Waals surface area contributed by atoms with Crippen LogP contribution in [0, 0.1) is 0 Å². The van der Waals surface area contributed by atoms with E-state index in [1.54, 1.807) is 0 Å². The maximum atomic E-state index is 9.04. The summed E-state index contributed by atoms with van der Waals surface area (Å²) in [5.41, 5.74) is 0. The van der Waals surface area contributed by atoms with Crippen LogP contribution >= 0.6 is 11.6 Å². The summed E-state index contributed by atoms with van der Waals surface area (Å²) in [6.45, 7) is 2.74. The molecule has 0 aromatic carbocycles. The fraction of sp³-hybridized carbons (Fsp3) is 1.00. The van der Waals surface area contributed by atoms with Crippen molar-refractivity contribution in [3.05, 3.63) is 0 Å². The number of hydrogen-bond donors (Lipinski definition) is 1. The molecule has 1 rings (SSSR count). The van der Waals surface area contributed by atoms with Gasteiger partial charge in [-0.3, -0.25) is 4.90 Å². The van der Waals surface area contributed by atoms with E-state index in [0.29, 0.717) is 5.88 Å². The number of alkyl halides is 1. The number of likely N-dealkylation sites (tertiary alicyclic amines) is 1. The number of halogens is 1. The minimum absolute atomic E-state index is 0.104. The lowest BCUT2D eigenvalue weighted by molar-refractivity contribution is 0.178. The first-order valence-corrected chi connectivity index (χ1v) is 3.83. The van der Waals surface area contributed by atoms with Crippen molar-refractivity contribution < 1.29 is 5.11 Å². The molecule has 0 radical (unpaired) electrons. The van der Waals surface area contributed by atoms with Gasteiger partial charge in [-0.05, 0) is 6.42 Å². The molecule has 1 aliphatic heterocycles. The topological polar surface area (TPSA) is 23.5 Å². The van der Waals surface area contributed by atoms with Gasteiger partial charge in [0.1, 0.15) is 0 Å². The number of β-amino-alcohol motifs (C(OH)–C–C–N with tert-alkyl or cyclic N) is 1. The smallest absolute Gasteiger partial charge is 0.0679 e.